The first kappa shape index (κ1) is 24.9. The predicted octanol–water partition coefficient (Wildman–Crippen LogP) is 5.60. The molecule has 7 rings (SSSR count). The zero-order valence-electron chi connectivity index (χ0n) is 21.9. The van der Waals surface area contributed by atoms with E-state index in [0.29, 0.717) is 19.0 Å². The van der Waals surface area contributed by atoms with Crippen LogP contribution in [0, 0.1) is 5.92 Å². The molecule has 0 bridgehead atoms. The van der Waals surface area contributed by atoms with Gasteiger partial charge < -0.3 is 24.0 Å². The zero-order chi connectivity index (χ0) is 26.7. The number of hydrogen-bond donors (Lipinski definition) is 0. The maximum atomic E-state index is 12.8. The second kappa shape index (κ2) is 9.52. The molecule has 0 radical (unpaired) electrons. The maximum Gasteiger partial charge on any atom is 0.539 e. The number of ether oxygens (including phenoxy) is 3. The lowest BCUT2D eigenvalue weighted by molar-refractivity contribution is -0.414. The molecule has 1 aliphatic carbocycles. The number of anilines is 1. The van der Waals surface area contributed by atoms with E-state index in [4.69, 9.17) is 14.2 Å². The van der Waals surface area contributed by atoms with Gasteiger partial charge in [0, 0.05) is 49.5 Å². The van der Waals surface area contributed by atoms with Crippen LogP contribution in [0.3, 0.4) is 0 Å². The van der Waals surface area contributed by atoms with Crippen molar-refractivity contribution in [3.63, 3.8) is 0 Å². The number of hydroxylamine groups is 2. The molecule has 5 aliphatic rings. The number of benzene rings is 2. The fourth-order valence-electron chi connectivity index (χ4n) is 7.14. The third kappa shape index (κ3) is 4.37. The van der Waals surface area contributed by atoms with Crippen molar-refractivity contribution in [2.45, 2.75) is 44.5 Å². The van der Waals surface area contributed by atoms with Gasteiger partial charge in [-0.1, -0.05) is 18.9 Å². The van der Waals surface area contributed by atoms with E-state index < -0.39 is 6.36 Å². The number of methoxy groups -OCH3 is 1. The first-order valence-corrected chi connectivity index (χ1v) is 13.8. The Labute approximate surface area is 225 Å². The van der Waals surface area contributed by atoms with Gasteiger partial charge in [0.2, 0.25) is 6.79 Å². The lowest BCUT2D eigenvalue weighted by atomic mass is 9.79. The second-order valence-electron chi connectivity index (χ2n) is 10.9. The molecule has 2 aromatic rings. The van der Waals surface area contributed by atoms with Crippen LogP contribution in [0.4, 0.5) is 18.9 Å². The number of hydrogen-bond acceptors (Lipinski definition) is 7. The summed E-state index contributed by atoms with van der Waals surface area (Å²) in [6.07, 6.45) is 3.25. The molecule has 0 aromatic heterocycles. The van der Waals surface area contributed by atoms with Gasteiger partial charge in [0.05, 0.1) is 18.8 Å². The van der Waals surface area contributed by atoms with Crippen LogP contribution in [0.2, 0.25) is 0 Å². The Morgan fingerprint density at radius 2 is 1.69 bits per heavy atom. The molecule has 208 valence electrons. The van der Waals surface area contributed by atoms with Crippen molar-refractivity contribution >= 4 is 17.5 Å². The van der Waals surface area contributed by atoms with Crippen molar-refractivity contribution in [3.8, 4) is 17.2 Å². The van der Waals surface area contributed by atoms with E-state index >= 15 is 0 Å². The highest BCUT2D eigenvalue weighted by molar-refractivity contribution is 5.89. The molecule has 0 unspecified atom stereocenters. The van der Waals surface area contributed by atoms with Crippen LogP contribution in [-0.2, 0) is 11.3 Å². The minimum absolute atomic E-state index is 0.159. The summed E-state index contributed by atoms with van der Waals surface area (Å²) in [7, 11) is 1.67. The fraction of sp³-hybridized carbons (Fsp3) is 0.517. The van der Waals surface area contributed by atoms with Crippen molar-refractivity contribution < 1.29 is 32.2 Å². The van der Waals surface area contributed by atoms with Gasteiger partial charge in [-0.15, -0.1) is 13.2 Å². The van der Waals surface area contributed by atoms with Gasteiger partial charge in [0.25, 0.3) is 0 Å². The van der Waals surface area contributed by atoms with E-state index in [-0.39, 0.29) is 25.9 Å². The number of fused-ring (bicyclic) bond motifs is 5. The first-order chi connectivity index (χ1) is 18.9. The highest BCUT2D eigenvalue weighted by Crippen LogP contribution is 2.54. The van der Waals surface area contributed by atoms with Crippen LogP contribution in [0.1, 0.15) is 54.0 Å². The first-order valence-electron chi connectivity index (χ1n) is 13.8. The van der Waals surface area contributed by atoms with Gasteiger partial charge >= 0.3 is 6.36 Å². The molecule has 2 fully saturated rings. The summed E-state index contributed by atoms with van der Waals surface area (Å²) in [6, 6.07) is 8.53. The maximum absolute atomic E-state index is 12.8. The molecule has 0 spiro atoms. The van der Waals surface area contributed by atoms with E-state index in [2.05, 4.69) is 38.9 Å². The van der Waals surface area contributed by atoms with E-state index in [1.165, 1.54) is 35.2 Å². The Balaban J connectivity index is 1.32. The van der Waals surface area contributed by atoms with Crippen LogP contribution >= 0.6 is 0 Å². The molecule has 7 nitrogen and oxygen atoms in total. The number of alkyl halides is 3. The molecule has 4 aliphatic heterocycles. The van der Waals surface area contributed by atoms with Gasteiger partial charge in [0.1, 0.15) is 5.75 Å². The van der Waals surface area contributed by atoms with E-state index in [0.717, 1.165) is 59.4 Å². The summed E-state index contributed by atoms with van der Waals surface area (Å²) < 4.78 is 55.8. The van der Waals surface area contributed by atoms with Crippen molar-refractivity contribution in [2.24, 2.45) is 5.92 Å². The minimum atomic E-state index is -4.68. The van der Waals surface area contributed by atoms with Crippen LogP contribution in [0.15, 0.2) is 24.3 Å². The Hall–Kier alpha value is -3.11. The van der Waals surface area contributed by atoms with Gasteiger partial charge in [0.15, 0.2) is 11.5 Å². The van der Waals surface area contributed by atoms with E-state index in [1.807, 2.05) is 6.07 Å². The summed E-state index contributed by atoms with van der Waals surface area (Å²) in [5.41, 5.74) is 7.05. The lowest BCUT2D eigenvalue weighted by Crippen LogP contribution is -2.49. The van der Waals surface area contributed by atoms with E-state index in [9.17, 15) is 13.2 Å². The van der Waals surface area contributed by atoms with Crippen molar-refractivity contribution in [1.82, 2.24) is 9.96 Å². The Morgan fingerprint density at radius 1 is 0.949 bits per heavy atom. The quantitative estimate of drug-likeness (QED) is 0.498. The average Bonchev–Trinajstić information content (AvgIpc) is 3.62. The van der Waals surface area contributed by atoms with E-state index in [1.54, 1.807) is 7.11 Å². The molecule has 10 heteroatoms. The molecule has 1 saturated heterocycles. The topological polar surface area (TPSA) is 46.6 Å². The molecule has 4 heterocycles. The summed E-state index contributed by atoms with van der Waals surface area (Å²) in [6.45, 7) is 2.30. The third-order valence-corrected chi connectivity index (χ3v) is 8.80. The largest absolute Gasteiger partial charge is 0.539 e. The summed E-state index contributed by atoms with van der Waals surface area (Å²) >= 11 is 0. The number of rotatable bonds is 4. The van der Waals surface area contributed by atoms with Gasteiger partial charge in [-0.3, -0.25) is 0 Å². The number of piperazine rings is 1. The third-order valence-electron chi connectivity index (χ3n) is 8.80. The molecule has 1 saturated carbocycles. The second-order valence-corrected chi connectivity index (χ2v) is 10.9. The summed E-state index contributed by atoms with van der Waals surface area (Å²) in [5, 5.41) is 1.01. The fourth-order valence-corrected chi connectivity index (χ4v) is 7.14. The van der Waals surface area contributed by atoms with Crippen molar-refractivity contribution in [3.05, 3.63) is 46.5 Å². The SMILES string of the molecule is COc1ccc2c(c1N1CCN(OC(F)(F)F)CC1)[C@H](C1CCCC1)N1CCc3cc4c(cc3C1=C2)OCO4. The summed E-state index contributed by atoms with van der Waals surface area (Å²) in [4.78, 5) is 8.96. The highest BCUT2D eigenvalue weighted by Gasteiger charge is 2.42. The number of nitrogens with zero attached hydrogens (tertiary/aromatic N) is 3. The van der Waals surface area contributed by atoms with Crippen LogP contribution < -0.4 is 19.1 Å². The van der Waals surface area contributed by atoms with Gasteiger partial charge in [-0.2, -0.15) is 5.06 Å². The molecular formula is C29H32F3N3O4. The standard InChI is InChI=1S/C29H32F3N3O4/c1-36-23-7-6-20-14-22-21-16-25-24(37-17-38-25)15-19(21)8-9-35(22)27(18-4-2-3-5-18)26(20)28(23)33-10-12-34(13-11-33)39-29(30,31)32/h6-7,14-16,18,27H,2-5,8-13,17H2,1H3/t27-/m0/s1. The highest BCUT2D eigenvalue weighted by atomic mass is 19.4. The zero-order valence-corrected chi connectivity index (χ0v) is 21.9. The normalized spacial score (nSPS) is 22.9. The van der Waals surface area contributed by atoms with Crippen molar-refractivity contribution in [1.29, 1.82) is 0 Å². The molecule has 0 amide bonds. The lowest BCUT2D eigenvalue weighted by Gasteiger charge is -2.47. The Morgan fingerprint density at radius 3 is 2.41 bits per heavy atom. The van der Waals surface area contributed by atoms with Gasteiger partial charge in [-0.05, 0) is 60.6 Å². The van der Waals surface area contributed by atoms with Gasteiger partial charge in [-0.25, -0.2) is 4.84 Å². The smallest absolute Gasteiger partial charge is 0.495 e. The monoisotopic (exact) mass is 543 g/mol. The molecule has 2 aromatic carbocycles. The average molecular weight is 544 g/mol. The van der Waals surface area contributed by atoms with Crippen LogP contribution in [-0.4, -0.2) is 63.0 Å². The molecular weight excluding hydrogens is 511 g/mol. The molecule has 0 N–H and O–H groups in total. The molecule has 1 atom stereocenters. The number of halogens is 3. The Bertz CT molecular complexity index is 1300. The Kier molecular flexibility index (Phi) is 6.08. The summed E-state index contributed by atoms with van der Waals surface area (Å²) in [5.74, 6) is 2.85. The molecule has 39 heavy (non-hydrogen) atoms. The predicted molar refractivity (Wildman–Crippen MR) is 139 cm³/mol. The van der Waals surface area contributed by atoms with Crippen LogP contribution in [0.5, 0.6) is 17.2 Å². The van der Waals surface area contributed by atoms with Crippen LogP contribution in [0.25, 0.3) is 11.8 Å². The minimum Gasteiger partial charge on any atom is -0.495 e. The van der Waals surface area contributed by atoms with Crippen molar-refractivity contribution in [2.75, 3.05) is 51.5 Å².